The van der Waals surface area contributed by atoms with E-state index in [-0.39, 0.29) is 18.0 Å². The minimum atomic E-state index is -0.364. The predicted molar refractivity (Wildman–Crippen MR) is 165 cm³/mol. The van der Waals surface area contributed by atoms with Crippen LogP contribution in [0.15, 0.2) is 78.8 Å². The van der Waals surface area contributed by atoms with E-state index in [0.29, 0.717) is 19.5 Å². The molecule has 42 heavy (non-hydrogen) atoms. The zero-order chi connectivity index (χ0) is 28.2. The van der Waals surface area contributed by atoms with Gasteiger partial charge in [0.05, 0.1) is 34.1 Å². The Bertz CT molecular complexity index is 1930. The van der Waals surface area contributed by atoms with Crippen molar-refractivity contribution in [2.75, 3.05) is 30.4 Å². The van der Waals surface area contributed by atoms with Crippen molar-refractivity contribution in [2.45, 2.75) is 31.5 Å². The van der Waals surface area contributed by atoms with Crippen LogP contribution in [0, 0.1) is 0 Å². The number of carbonyl (C=O) groups excluding carboxylic acids is 1. The number of nitrogens with zero attached hydrogens (tertiary/aromatic N) is 8. The van der Waals surface area contributed by atoms with E-state index in [2.05, 4.69) is 41.7 Å². The molecule has 0 saturated carbocycles. The molecule has 6 aromatic rings. The first-order valence-electron chi connectivity index (χ1n) is 14.2. The third-order valence-electron chi connectivity index (χ3n) is 8.32. The van der Waals surface area contributed by atoms with Crippen molar-refractivity contribution >= 4 is 45.4 Å². The second kappa shape index (κ2) is 9.95. The molecule has 1 N–H and O–H groups in total. The molecule has 2 aliphatic heterocycles. The number of aryl methyl sites for hydroxylation is 1. The van der Waals surface area contributed by atoms with Gasteiger partial charge in [-0.1, -0.05) is 24.3 Å². The molecule has 1 saturated heterocycles. The Morgan fingerprint density at radius 2 is 1.95 bits per heavy atom. The van der Waals surface area contributed by atoms with Crippen LogP contribution < -0.4 is 10.2 Å². The highest BCUT2D eigenvalue weighted by atomic mass is 32.1. The summed E-state index contributed by atoms with van der Waals surface area (Å²) < 4.78 is 4.25. The third-order valence-corrected chi connectivity index (χ3v) is 9.19. The van der Waals surface area contributed by atoms with Gasteiger partial charge in [0.1, 0.15) is 17.4 Å². The number of benzene rings is 1. The first-order valence-corrected chi connectivity index (χ1v) is 15.1. The van der Waals surface area contributed by atoms with Crippen LogP contribution in [-0.2, 0) is 11.3 Å². The minimum Gasteiger partial charge on any atom is -0.365 e. The molecule has 2 atom stereocenters. The Kier molecular flexibility index (Phi) is 5.92. The van der Waals surface area contributed by atoms with E-state index in [1.807, 2.05) is 67.1 Å². The van der Waals surface area contributed by atoms with E-state index in [0.717, 1.165) is 63.1 Å². The van der Waals surface area contributed by atoms with Crippen molar-refractivity contribution < 1.29 is 4.79 Å². The van der Waals surface area contributed by atoms with E-state index >= 15 is 0 Å². The summed E-state index contributed by atoms with van der Waals surface area (Å²) in [5.74, 6) is 2.52. The van der Waals surface area contributed by atoms with Gasteiger partial charge in [-0.05, 0) is 42.5 Å². The molecule has 5 aromatic heterocycles. The molecule has 0 radical (unpaired) electrons. The van der Waals surface area contributed by atoms with Crippen molar-refractivity contribution in [3.05, 3.63) is 78.8 Å². The summed E-state index contributed by atoms with van der Waals surface area (Å²) in [6, 6.07) is 16.0. The molecule has 1 amide bonds. The smallest absolute Gasteiger partial charge is 0.245 e. The summed E-state index contributed by atoms with van der Waals surface area (Å²) >= 11 is 1.65. The molecule has 0 aliphatic carbocycles. The predicted octanol–water partition coefficient (Wildman–Crippen LogP) is 4.79. The number of anilines is 2. The van der Waals surface area contributed by atoms with E-state index in [4.69, 9.17) is 15.0 Å². The lowest BCUT2D eigenvalue weighted by molar-refractivity contribution is -0.131. The maximum absolute atomic E-state index is 14.0. The second-order valence-electron chi connectivity index (χ2n) is 10.9. The lowest BCUT2D eigenvalue weighted by Gasteiger charge is -2.29. The average molecular weight is 576 g/mol. The van der Waals surface area contributed by atoms with Crippen molar-refractivity contribution in [1.29, 1.82) is 0 Å². The summed E-state index contributed by atoms with van der Waals surface area (Å²) in [7, 11) is 1.91. The number of carbonyl (C=O) groups is 1. The Morgan fingerprint density at radius 3 is 2.86 bits per heavy atom. The molecule has 7 heterocycles. The number of nitrogens with one attached hydrogen (secondary N) is 1. The molecule has 8 rings (SSSR count). The highest BCUT2D eigenvalue weighted by Gasteiger charge is 2.40. The zero-order valence-electron chi connectivity index (χ0n) is 23.1. The fourth-order valence-electron chi connectivity index (χ4n) is 6.35. The highest BCUT2D eigenvalue weighted by molar-refractivity contribution is 7.13. The van der Waals surface area contributed by atoms with Crippen LogP contribution in [-0.4, -0.2) is 71.9 Å². The number of pyridine rings is 1. The normalized spacial score (nSPS) is 19.2. The number of fused-ring (bicyclic) bond motifs is 6. The molecule has 1 fully saturated rings. The Labute approximate surface area is 246 Å². The number of amides is 1. The van der Waals surface area contributed by atoms with Gasteiger partial charge in [0.15, 0.2) is 11.6 Å². The van der Waals surface area contributed by atoms with Crippen LogP contribution >= 0.6 is 11.3 Å². The van der Waals surface area contributed by atoms with Crippen LogP contribution in [0.3, 0.4) is 0 Å². The molecular formula is C31H29N9OS. The topological polar surface area (TPSA) is 96.5 Å². The summed E-state index contributed by atoms with van der Waals surface area (Å²) in [6.45, 7) is 2.01. The van der Waals surface area contributed by atoms with E-state index in [1.165, 1.54) is 0 Å². The van der Waals surface area contributed by atoms with Gasteiger partial charge in [-0.2, -0.15) is 0 Å². The van der Waals surface area contributed by atoms with E-state index < -0.39 is 0 Å². The van der Waals surface area contributed by atoms with Crippen LogP contribution in [0.1, 0.15) is 12.8 Å². The first-order chi connectivity index (χ1) is 20.6. The van der Waals surface area contributed by atoms with Gasteiger partial charge in [0.25, 0.3) is 0 Å². The second-order valence-corrected chi connectivity index (χ2v) is 11.9. The molecule has 2 aliphatic rings. The van der Waals surface area contributed by atoms with Crippen molar-refractivity contribution in [3.63, 3.8) is 0 Å². The van der Waals surface area contributed by atoms with Crippen LogP contribution in [0.4, 0.5) is 11.6 Å². The Hall–Kier alpha value is -4.77. The SMILES string of the molecule is CN1CCCn2cnc3cccc(c32)-c2cccc(n2)N[C@H]2C[C@@H](C1=O)N(c1nccn3c(-c4cccs4)ncc13)C2. The molecule has 11 heteroatoms. The molecule has 1 aromatic carbocycles. The fourth-order valence-corrected chi connectivity index (χ4v) is 7.07. The number of rotatable bonds is 2. The maximum atomic E-state index is 14.0. The molecule has 0 unspecified atom stereocenters. The third kappa shape index (κ3) is 4.11. The van der Waals surface area contributed by atoms with E-state index in [9.17, 15) is 4.79 Å². The van der Waals surface area contributed by atoms with Gasteiger partial charge in [0, 0.05) is 50.7 Å². The van der Waals surface area contributed by atoms with Gasteiger partial charge >= 0.3 is 0 Å². The van der Waals surface area contributed by atoms with Crippen LogP contribution in [0.5, 0.6) is 0 Å². The lowest BCUT2D eigenvalue weighted by atomic mass is 10.1. The largest absolute Gasteiger partial charge is 0.365 e. The summed E-state index contributed by atoms with van der Waals surface area (Å²) in [4.78, 5) is 38.4. The molecule has 10 nitrogen and oxygen atoms in total. The quantitative estimate of drug-likeness (QED) is 0.317. The average Bonchev–Trinajstić information content (AvgIpc) is 3.82. The minimum absolute atomic E-state index is 0.00305. The molecule has 210 valence electrons. The lowest BCUT2D eigenvalue weighted by Crippen LogP contribution is -2.45. The van der Waals surface area contributed by atoms with Crippen LogP contribution in [0.2, 0.25) is 0 Å². The Morgan fingerprint density at radius 1 is 1.02 bits per heavy atom. The van der Waals surface area contributed by atoms with Crippen LogP contribution in [0.25, 0.3) is 38.5 Å². The number of likely N-dealkylation sites (N-methyl/N-ethyl adjacent to an activating group) is 1. The molecule has 4 bridgehead atoms. The number of hydrogen-bond donors (Lipinski definition) is 1. The number of para-hydroxylation sites is 1. The molecular weight excluding hydrogens is 546 g/mol. The zero-order valence-corrected chi connectivity index (χ0v) is 23.9. The summed E-state index contributed by atoms with van der Waals surface area (Å²) in [5, 5.41) is 5.70. The highest BCUT2D eigenvalue weighted by Crippen LogP contribution is 2.34. The maximum Gasteiger partial charge on any atom is 0.245 e. The van der Waals surface area contributed by atoms with Gasteiger partial charge in [-0.15, -0.1) is 11.3 Å². The van der Waals surface area contributed by atoms with Gasteiger partial charge in [-0.25, -0.2) is 19.9 Å². The van der Waals surface area contributed by atoms with Gasteiger partial charge in [-0.3, -0.25) is 9.20 Å². The number of imidazole rings is 2. The summed E-state index contributed by atoms with van der Waals surface area (Å²) in [6.07, 6.45) is 8.95. The van der Waals surface area contributed by atoms with Gasteiger partial charge < -0.3 is 19.7 Å². The monoisotopic (exact) mass is 575 g/mol. The first kappa shape index (κ1) is 25.0. The van der Waals surface area contributed by atoms with Crippen molar-refractivity contribution in [3.8, 4) is 22.0 Å². The van der Waals surface area contributed by atoms with Gasteiger partial charge in [0.2, 0.25) is 5.91 Å². The fraction of sp³-hybridized carbons (Fsp3) is 0.258. The molecule has 0 spiro atoms. The Balaban J connectivity index is 1.20. The number of hydrogen-bond acceptors (Lipinski definition) is 8. The van der Waals surface area contributed by atoms with Crippen molar-refractivity contribution in [2.24, 2.45) is 0 Å². The van der Waals surface area contributed by atoms with Crippen molar-refractivity contribution in [1.82, 2.24) is 33.8 Å². The number of thiophene rings is 1. The van der Waals surface area contributed by atoms with E-state index in [1.54, 1.807) is 17.5 Å². The number of aromatic nitrogens is 6. The standard InChI is InChI=1S/C31H29N9OS/c1-37-12-5-13-38-19-34-23-8-2-6-21(28(23)38)22-7-3-10-27(36-22)35-20-16-24(31(37)41)40(18-20)29-25-17-33-30(26-9-4-15-42-26)39(25)14-11-32-29/h2-4,6-11,14-15,17,19-20,24H,5,12-13,16,18H2,1H3,(H,35,36)/t20-,24-/m0/s1. The summed E-state index contributed by atoms with van der Waals surface area (Å²) in [5.41, 5.74) is 4.85.